The fourth-order valence-electron chi connectivity index (χ4n) is 2.73. The summed E-state index contributed by atoms with van der Waals surface area (Å²) in [5.41, 5.74) is 3.09. The summed E-state index contributed by atoms with van der Waals surface area (Å²) in [5.74, 6) is 1.88. The standard InChI is InChI=1S/C17H23Cl2N3O2/c1-21-15-7-6-13(22(10-8-18)11-9-19)12-14(15)20-16(21)4-3-5-17(23)24-2/h6-7,12H,3-5,8-11H2,1-2H3. The van der Waals surface area contributed by atoms with E-state index >= 15 is 0 Å². The number of alkyl halides is 2. The number of imidazole rings is 1. The van der Waals surface area contributed by atoms with Crippen molar-refractivity contribution in [2.45, 2.75) is 19.3 Å². The predicted molar refractivity (Wildman–Crippen MR) is 99.3 cm³/mol. The molecule has 0 bridgehead atoms. The zero-order valence-electron chi connectivity index (χ0n) is 14.1. The van der Waals surface area contributed by atoms with E-state index in [0.717, 1.165) is 48.5 Å². The summed E-state index contributed by atoms with van der Waals surface area (Å²) in [6, 6.07) is 6.20. The minimum Gasteiger partial charge on any atom is -0.469 e. The first-order valence-electron chi connectivity index (χ1n) is 7.99. The number of ether oxygens (including phenoxy) is 1. The quantitative estimate of drug-likeness (QED) is 0.500. The molecule has 0 saturated heterocycles. The number of hydrogen-bond acceptors (Lipinski definition) is 4. The molecular weight excluding hydrogens is 349 g/mol. The minimum atomic E-state index is -0.186. The van der Waals surface area contributed by atoms with Crippen LogP contribution in [0.3, 0.4) is 0 Å². The van der Waals surface area contributed by atoms with Gasteiger partial charge in [-0.15, -0.1) is 23.2 Å². The van der Waals surface area contributed by atoms with Gasteiger partial charge < -0.3 is 14.2 Å². The van der Waals surface area contributed by atoms with Crippen LogP contribution < -0.4 is 4.90 Å². The maximum Gasteiger partial charge on any atom is 0.305 e. The van der Waals surface area contributed by atoms with Crippen LogP contribution in [0.5, 0.6) is 0 Å². The van der Waals surface area contributed by atoms with Crippen LogP contribution in [0.4, 0.5) is 5.69 Å². The fraction of sp³-hybridized carbons (Fsp3) is 0.529. The number of halogens is 2. The summed E-state index contributed by atoms with van der Waals surface area (Å²) in [6.07, 6.45) is 1.87. The minimum absolute atomic E-state index is 0.186. The van der Waals surface area contributed by atoms with Crippen molar-refractivity contribution in [1.29, 1.82) is 0 Å². The van der Waals surface area contributed by atoms with Gasteiger partial charge in [0.1, 0.15) is 5.82 Å². The summed E-state index contributed by atoms with van der Waals surface area (Å²) in [5, 5.41) is 0. The Morgan fingerprint density at radius 1 is 1.29 bits per heavy atom. The summed E-state index contributed by atoms with van der Waals surface area (Å²) in [6.45, 7) is 1.50. The Morgan fingerprint density at radius 3 is 2.62 bits per heavy atom. The summed E-state index contributed by atoms with van der Waals surface area (Å²) in [7, 11) is 3.41. The number of nitrogens with zero attached hydrogens (tertiary/aromatic N) is 3. The lowest BCUT2D eigenvalue weighted by atomic mass is 10.2. The van der Waals surface area contributed by atoms with Gasteiger partial charge in [-0.2, -0.15) is 0 Å². The number of benzene rings is 1. The van der Waals surface area contributed by atoms with Crippen LogP contribution in [0.2, 0.25) is 0 Å². The van der Waals surface area contributed by atoms with Gasteiger partial charge in [-0.05, 0) is 24.6 Å². The van der Waals surface area contributed by atoms with Gasteiger partial charge in [-0.25, -0.2) is 4.98 Å². The second-order valence-corrected chi connectivity index (χ2v) is 6.31. The lowest BCUT2D eigenvalue weighted by Gasteiger charge is -2.22. The van der Waals surface area contributed by atoms with Crippen molar-refractivity contribution in [2.75, 3.05) is 36.9 Å². The van der Waals surface area contributed by atoms with Crippen LogP contribution in [-0.2, 0) is 23.0 Å². The molecule has 5 nitrogen and oxygen atoms in total. The highest BCUT2D eigenvalue weighted by Crippen LogP contribution is 2.23. The Hall–Kier alpha value is -1.46. The summed E-state index contributed by atoms with van der Waals surface area (Å²) in [4.78, 5) is 18.1. The Bertz CT molecular complexity index is 682. The van der Waals surface area contributed by atoms with E-state index in [4.69, 9.17) is 28.2 Å². The molecule has 7 heteroatoms. The zero-order chi connectivity index (χ0) is 17.5. The van der Waals surface area contributed by atoms with Crippen molar-refractivity contribution in [3.8, 4) is 0 Å². The third-order valence-electron chi connectivity index (χ3n) is 4.04. The van der Waals surface area contributed by atoms with Crippen molar-refractivity contribution in [2.24, 2.45) is 7.05 Å². The lowest BCUT2D eigenvalue weighted by molar-refractivity contribution is -0.140. The van der Waals surface area contributed by atoms with Gasteiger partial charge in [0.15, 0.2) is 0 Å². The molecule has 132 valence electrons. The number of anilines is 1. The summed E-state index contributed by atoms with van der Waals surface area (Å²) < 4.78 is 6.75. The molecule has 1 heterocycles. The van der Waals surface area contributed by atoms with Crippen molar-refractivity contribution < 1.29 is 9.53 Å². The van der Waals surface area contributed by atoms with Crippen LogP contribution in [-0.4, -0.2) is 47.5 Å². The monoisotopic (exact) mass is 371 g/mol. The van der Waals surface area contributed by atoms with E-state index in [9.17, 15) is 4.79 Å². The van der Waals surface area contributed by atoms with E-state index in [1.807, 2.05) is 7.05 Å². The second-order valence-electron chi connectivity index (χ2n) is 5.55. The molecule has 1 aromatic heterocycles. The molecule has 0 spiro atoms. The highest BCUT2D eigenvalue weighted by Gasteiger charge is 2.12. The van der Waals surface area contributed by atoms with E-state index in [1.54, 1.807) is 0 Å². The van der Waals surface area contributed by atoms with Gasteiger partial charge in [0.05, 0.1) is 18.1 Å². The molecule has 0 aliphatic heterocycles. The van der Waals surface area contributed by atoms with Crippen LogP contribution in [0.1, 0.15) is 18.7 Å². The normalized spacial score (nSPS) is 11.0. The molecular formula is C17H23Cl2N3O2. The molecule has 1 aromatic carbocycles. The van der Waals surface area contributed by atoms with E-state index in [-0.39, 0.29) is 5.97 Å². The average molecular weight is 372 g/mol. The number of fused-ring (bicyclic) bond motifs is 1. The van der Waals surface area contributed by atoms with Gasteiger partial charge in [-0.1, -0.05) is 0 Å². The molecule has 24 heavy (non-hydrogen) atoms. The molecule has 0 fully saturated rings. The van der Waals surface area contributed by atoms with E-state index in [1.165, 1.54) is 7.11 Å². The fourth-order valence-corrected chi connectivity index (χ4v) is 3.13. The maximum atomic E-state index is 11.2. The number of carbonyl (C=O) groups excluding carboxylic acids is 1. The molecule has 2 rings (SSSR count). The first kappa shape index (κ1) is 18.9. The highest BCUT2D eigenvalue weighted by atomic mass is 35.5. The Morgan fingerprint density at radius 2 is 2.00 bits per heavy atom. The SMILES string of the molecule is COC(=O)CCCc1nc2cc(N(CCCl)CCCl)ccc2n1C. The molecule has 0 atom stereocenters. The third kappa shape index (κ3) is 4.54. The first-order valence-corrected chi connectivity index (χ1v) is 9.06. The molecule has 0 saturated carbocycles. The molecule has 2 aromatic rings. The molecule has 0 aliphatic carbocycles. The predicted octanol–water partition coefficient (Wildman–Crippen LogP) is 3.35. The maximum absolute atomic E-state index is 11.2. The van der Waals surface area contributed by atoms with Gasteiger partial charge in [0.2, 0.25) is 0 Å². The molecule has 0 N–H and O–H groups in total. The van der Waals surface area contributed by atoms with Crippen LogP contribution in [0.25, 0.3) is 11.0 Å². The lowest BCUT2D eigenvalue weighted by Crippen LogP contribution is -2.27. The Kier molecular flexibility index (Phi) is 7.18. The summed E-state index contributed by atoms with van der Waals surface area (Å²) >= 11 is 11.8. The topological polar surface area (TPSA) is 47.4 Å². The smallest absolute Gasteiger partial charge is 0.305 e. The number of aromatic nitrogens is 2. The number of hydrogen-bond donors (Lipinski definition) is 0. The Labute approximate surface area is 152 Å². The first-order chi connectivity index (χ1) is 11.6. The molecule has 0 amide bonds. The Balaban J connectivity index is 2.18. The molecule has 0 aliphatic rings. The van der Waals surface area contributed by atoms with Crippen molar-refractivity contribution >= 4 is 45.9 Å². The second kappa shape index (κ2) is 9.14. The average Bonchev–Trinajstić information content (AvgIpc) is 2.90. The van der Waals surface area contributed by atoms with Gasteiger partial charge in [0, 0.05) is 50.4 Å². The van der Waals surface area contributed by atoms with Crippen LogP contribution in [0, 0.1) is 0 Å². The van der Waals surface area contributed by atoms with Crippen LogP contribution in [0.15, 0.2) is 18.2 Å². The molecule has 0 unspecified atom stereocenters. The van der Waals surface area contributed by atoms with Gasteiger partial charge in [0.25, 0.3) is 0 Å². The van der Waals surface area contributed by atoms with Crippen molar-refractivity contribution in [3.63, 3.8) is 0 Å². The molecule has 0 radical (unpaired) electrons. The van der Waals surface area contributed by atoms with Crippen molar-refractivity contribution in [1.82, 2.24) is 9.55 Å². The zero-order valence-corrected chi connectivity index (χ0v) is 15.6. The van der Waals surface area contributed by atoms with E-state index < -0.39 is 0 Å². The number of carbonyl (C=O) groups is 1. The van der Waals surface area contributed by atoms with Gasteiger partial charge in [-0.3, -0.25) is 4.79 Å². The number of esters is 1. The van der Waals surface area contributed by atoms with Gasteiger partial charge >= 0.3 is 5.97 Å². The van der Waals surface area contributed by atoms with Crippen LogP contribution >= 0.6 is 23.2 Å². The highest BCUT2D eigenvalue weighted by molar-refractivity contribution is 6.18. The number of methoxy groups -OCH3 is 1. The number of aryl methyl sites for hydroxylation is 2. The third-order valence-corrected chi connectivity index (χ3v) is 4.38. The van der Waals surface area contributed by atoms with E-state index in [0.29, 0.717) is 18.2 Å². The van der Waals surface area contributed by atoms with E-state index in [2.05, 4.69) is 32.4 Å². The largest absolute Gasteiger partial charge is 0.469 e. The number of rotatable bonds is 9. The van der Waals surface area contributed by atoms with Crippen molar-refractivity contribution in [3.05, 3.63) is 24.0 Å².